The molecule has 0 aromatic carbocycles. The molecule has 114 valence electrons. The minimum Gasteiger partial charge on any atom is -0.353 e. The summed E-state index contributed by atoms with van der Waals surface area (Å²) in [5.41, 5.74) is 7.91. The molecule has 0 unspecified atom stereocenters. The van der Waals surface area contributed by atoms with Crippen LogP contribution in [0.4, 0.5) is 5.82 Å². The van der Waals surface area contributed by atoms with Crippen LogP contribution in [0.15, 0.2) is 11.7 Å². The number of unbranched alkanes of at least 4 members (excludes halogenated alkanes) is 1. The number of anilines is 1. The number of piperazine rings is 1. The average Bonchev–Trinajstić information content (AvgIpc) is 2.90. The molecular weight excluding hydrogens is 282 g/mol. The fourth-order valence-corrected chi connectivity index (χ4v) is 3.86. The molecular formula is C15H23N5S. The molecule has 1 fully saturated rings. The van der Waals surface area contributed by atoms with Gasteiger partial charge in [-0.05, 0) is 43.8 Å². The molecule has 0 aliphatic carbocycles. The van der Waals surface area contributed by atoms with Crippen molar-refractivity contribution in [2.75, 3.05) is 44.2 Å². The van der Waals surface area contributed by atoms with Crippen LogP contribution in [-0.4, -0.2) is 54.1 Å². The molecule has 2 aromatic rings. The van der Waals surface area contributed by atoms with Crippen molar-refractivity contribution in [1.29, 1.82) is 0 Å². The van der Waals surface area contributed by atoms with Gasteiger partial charge in [0.05, 0.1) is 10.2 Å². The maximum Gasteiger partial charge on any atom is 0.150 e. The number of fused-ring (bicyclic) bond motifs is 1. The van der Waals surface area contributed by atoms with Crippen molar-refractivity contribution in [2.24, 2.45) is 5.73 Å². The molecule has 3 rings (SSSR count). The van der Waals surface area contributed by atoms with Gasteiger partial charge in [0.25, 0.3) is 0 Å². The Labute approximate surface area is 129 Å². The van der Waals surface area contributed by atoms with E-state index in [4.69, 9.17) is 5.73 Å². The van der Waals surface area contributed by atoms with Crippen molar-refractivity contribution in [1.82, 2.24) is 14.9 Å². The molecule has 2 N–H and O–H groups in total. The first kappa shape index (κ1) is 14.7. The monoisotopic (exact) mass is 305 g/mol. The van der Waals surface area contributed by atoms with E-state index in [0.29, 0.717) is 0 Å². The Kier molecular flexibility index (Phi) is 4.67. The number of rotatable bonds is 5. The van der Waals surface area contributed by atoms with E-state index in [1.54, 1.807) is 17.7 Å². The zero-order valence-electron chi connectivity index (χ0n) is 12.6. The number of hydrogen-bond acceptors (Lipinski definition) is 6. The summed E-state index contributed by atoms with van der Waals surface area (Å²) in [6.07, 6.45) is 4.03. The Bertz CT molecular complexity index is 589. The van der Waals surface area contributed by atoms with E-state index >= 15 is 0 Å². The number of nitrogens with two attached hydrogens (primary N) is 1. The van der Waals surface area contributed by atoms with Crippen molar-refractivity contribution in [3.63, 3.8) is 0 Å². The summed E-state index contributed by atoms with van der Waals surface area (Å²) in [6.45, 7) is 8.40. The fourth-order valence-electron chi connectivity index (χ4n) is 2.85. The summed E-state index contributed by atoms with van der Waals surface area (Å²) in [5, 5.41) is 2.17. The van der Waals surface area contributed by atoms with E-state index in [-0.39, 0.29) is 0 Å². The molecule has 0 saturated carbocycles. The van der Waals surface area contributed by atoms with Gasteiger partial charge in [-0.3, -0.25) is 4.90 Å². The fraction of sp³-hybridized carbons (Fsp3) is 0.600. The lowest BCUT2D eigenvalue weighted by Crippen LogP contribution is -2.47. The molecule has 1 aliphatic heterocycles. The predicted molar refractivity (Wildman–Crippen MR) is 89.1 cm³/mol. The van der Waals surface area contributed by atoms with Gasteiger partial charge in [-0.15, -0.1) is 11.3 Å². The Balaban J connectivity index is 1.66. The first-order valence-electron chi connectivity index (χ1n) is 7.66. The highest BCUT2D eigenvalue weighted by molar-refractivity contribution is 7.18. The minimum atomic E-state index is 0.802. The Hall–Kier alpha value is -1.24. The van der Waals surface area contributed by atoms with Gasteiger partial charge in [-0.2, -0.15) is 0 Å². The molecule has 0 amide bonds. The molecule has 0 bridgehead atoms. The Morgan fingerprint density at radius 2 is 2.00 bits per heavy atom. The van der Waals surface area contributed by atoms with Crippen LogP contribution in [0.5, 0.6) is 0 Å². The van der Waals surface area contributed by atoms with E-state index in [0.717, 1.165) is 50.5 Å². The summed E-state index contributed by atoms with van der Waals surface area (Å²) in [6, 6.07) is 0. The SMILES string of the molecule is Cc1csc2c(N3CCN(CCCCN)CC3)ncnc12. The number of nitrogens with zero attached hydrogens (tertiary/aromatic N) is 4. The molecule has 0 radical (unpaired) electrons. The van der Waals surface area contributed by atoms with Crippen LogP contribution in [0.2, 0.25) is 0 Å². The lowest BCUT2D eigenvalue weighted by atomic mass is 10.2. The highest BCUT2D eigenvalue weighted by Gasteiger charge is 2.20. The van der Waals surface area contributed by atoms with E-state index in [9.17, 15) is 0 Å². The third kappa shape index (κ3) is 3.17. The summed E-state index contributed by atoms with van der Waals surface area (Å²) < 4.78 is 1.23. The van der Waals surface area contributed by atoms with Crippen molar-refractivity contribution in [3.8, 4) is 0 Å². The van der Waals surface area contributed by atoms with Crippen molar-refractivity contribution in [3.05, 3.63) is 17.3 Å². The number of hydrogen-bond donors (Lipinski definition) is 1. The second-order valence-corrected chi connectivity index (χ2v) is 6.50. The topological polar surface area (TPSA) is 58.3 Å². The van der Waals surface area contributed by atoms with E-state index in [2.05, 4.69) is 32.1 Å². The molecule has 21 heavy (non-hydrogen) atoms. The van der Waals surface area contributed by atoms with Crippen molar-refractivity contribution in [2.45, 2.75) is 19.8 Å². The number of aryl methyl sites for hydroxylation is 1. The molecule has 3 heterocycles. The number of thiophene rings is 1. The lowest BCUT2D eigenvalue weighted by Gasteiger charge is -2.35. The van der Waals surface area contributed by atoms with E-state index in [1.807, 2.05) is 0 Å². The van der Waals surface area contributed by atoms with Crippen LogP contribution in [0.25, 0.3) is 10.2 Å². The van der Waals surface area contributed by atoms with Crippen molar-refractivity contribution >= 4 is 27.4 Å². The van der Waals surface area contributed by atoms with Crippen LogP contribution >= 0.6 is 11.3 Å². The zero-order valence-corrected chi connectivity index (χ0v) is 13.4. The molecule has 1 saturated heterocycles. The van der Waals surface area contributed by atoms with Gasteiger partial charge in [0, 0.05) is 26.2 Å². The van der Waals surface area contributed by atoms with Crippen LogP contribution < -0.4 is 10.6 Å². The van der Waals surface area contributed by atoms with E-state index in [1.165, 1.54) is 23.2 Å². The Morgan fingerprint density at radius 1 is 1.19 bits per heavy atom. The predicted octanol–water partition coefficient (Wildman–Crippen LogP) is 1.86. The van der Waals surface area contributed by atoms with E-state index < -0.39 is 0 Å². The molecule has 2 aromatic heterocycles. The molecule has 6 heteroatoms. The third-order valence-electron chi connectivity index (χ3n) is 4.11. The van der Waals surface area contributed by atoms with Gasteiger partial charge < -0.3 is 10.6 Å². The normalized spacial score (nSPS) is 16.8. The average molecular weight is 305 g/mol. The highest BCUT2D eigenvalue weighted by Crippen LogP contribution is 2.31. The first-order chi connectivity index (χ1) is 10.3. The van der Waals surface area contributed by atoms with Gasteiger partial charge in [0.2, 0.25) is 0 Å². The van der Waals surface area contributed by atoms with Gasteiger partial charge in [-0.25, -0.2) is 9.97 Å². The van der Waals surface area contributed by atoms with Crippen molar-refractivity contribution < 1.29 is 0 Å². The molecule has 5 nitrogen and oxygen atoms in total. The largest absolute Gasteiger partial charge is 0.353 e. The summed E-state index contributed by atoms with van der Waals surface area (Å²) in [4.78, 5) is 13.9. The van der Waals surface area contributed by atoms with Crippen LogP contribution in [0.1, 0.15) is 18.4 Å². The number of aromatic nitrogens is 2. The first-order valence-corrected chi connectivity index (χ1v) is 8.53. The van der Waals surface area contributed by atoms with Gasteiger partial charge in [0.15, 0.2) is 0 Å². The second kappa shape index (κ2) is 6.68. The van der Waals surface area contributed by atoms with Gasteiger partial charge >= 0.3 is 0 Å². The van der Waals surface area contributed by atoms with Crippen LogP contribution in [0.3, 0.4) is 0 Å². The summed E-state index contributed by atoms with van der Waals surface area (Å²) >= 11 is 1.76. The van der Waals surface area contributed by atoms with Crippen LogP contribution in [-0.2, 0) is 0 Å². The molecule has 0 spiro atoms. The smallest absolute Gasteiger partial charge is 0.150 e. The van der Waals surface area contributed by atoms with Gasteiger partial charge in [0.1, 0.15) is 12.1 Å². The quantitative estimate of drug-likeness (QED) is 0.855. The van der Waals surface area contributed by atoms with Gasteiger partial charge in [-0.1, -0.05) is 0 Å². The zero-order chi connectivity index (χ0) is 14.7. The molecule has 0 atom stereocenters. The van der Waals surface area contributed by atoms with Crippen LogP contribution in [0, 0.1) is 6.92 Å². The summed E-state index contributed by atoms with van der Waals surface area (Å²) in [7, 11) is 0. The lowest BCUT2D eigenvalue weighted by molar-refractivity contribution is 0.253. The summed E-state index contributed by atoms with van der Waals surface area (Å²) in [5.74, 6) is 1.11. The second-order valence-electron chi connectivity index (χ2n) is 5.62. The molecule has 1 aliphatic rings. The third-order valence-corrected chi connectivity index (χ3v) is 5.20. The Morgan fingerprint density at radius 3 is 2.76 bits per heavy atom. The maximum atomic E-state index is 5.56. The maximum absolute atomic E-state index is 5.56. The minimum absolute atomic E-state index is 0.802. The standard InChI is InChI=1S/C15H23N5S/c1-12-10-21-14-13(12)17-11-18-15(14)20-8-6-19(7-9-20)5-3-2-4-16/h10-11H,2-9,16H2,1H3. The highest BCUT2D eigenvalue weighted by atomic mass is 32.1.